The molecular formula is C13H29N. The van der Waals surface area contributed by atoms with Crippen LogP contribution in [0.15, 0.2) is 0 Å². The maximum atomic E-state index is 3.21. The molecule has 1 unspecified atom stereocenters. The zero-order chi connectivity index (χ0) is 10.6. The third-order valence-corrected chi connectivity index (χ3v) is 2.92. The van der Waals surface area contributed by atoms with Gasteiger partial charge in [0.1, 0.15) is 0 Å². The number of nitrogens with one attached hydrogen (secondary N) is 1. The predicted octanol–water partition coefficient (Wildman–Crippen LogP) is 3.98. The highest BCUT2D eigenvalue weighted by Crippen LogP contribution is 2.15. The van der Waals surface area contributed by atoms with E-state index in [0.717, 1.165) is 5.92 Å². The molecule has 0 rings (SSSR count). The van der Waals surface area contributed by atoms with Gasteiger partial charge < -0.3 is 5.32 Å². The third kappa shape index (κ3) is 10.0. The minimum absolute atomic E-state index is 0.935. The molecule has 0 aliphatic heterocycles. The third-order valence-electron chi connectivity index (χ3n) is 2.92. The molecule has 0 aromatic heterocycles. The van der Waals surface area contributed by atoms with Crippen molar-refractivity contribution in [1.82, 2.24) is 5.32 Å². The Kier molecular flexibility index (Phi) is 11.0. The standard InChI is InChI=1S/C13H29N/c1-4-5-6-7-8-10-13(2)11-9-12-14-3/h13-14H,4-12H2,1-3H3. The Labute approximate surface area is 90.7 Å². The van der Waals surface area contributed by atoms with Crippen LogP contribution >= 0.6 is 0 Å². The van der Waals surface area contributed by atoms with Gasteiger partial charge in [-0.05, 0) is 32.4 Å². The van der Waals surface area contributed by atoms with Crippen LogP contribution in [0.3, 0.4) is 0 Å². The van der Waals surface area contributed by atoms with Crippen molar-refractivity contribution in [3.05, 3.63) is 0 Å². The van der Waals surface area contributed by atoms with Gasteiger partial charge in [0, 0.05) is 0 Å². The minimum atomic E-state index is 0.935. The van der Waals surface area contributed by atoms with Crippen molar-refractivity contribution in [1.29, 1.82) is 0 Å². The monoisotopic (exact) mass is 199 g/mol. The van der Waals surface area contributed by atoms with E-state index in [1.807, 2.05) is 7.05 Å². The van der Waals surface area contributed by atoms with Gasteiger partial charge >= 0.3 is 0 Å². The molecule has 0 aliphatic rings. The quantitative estimate of drug-likeness (QED) is 0.525. The first-order chi connectivity index (χ1) is 6.81. The Morgan fingerprint density at radius 2 is 1.57 bits per heavy atom. The van der Waals surface area contributed by atoms with Gasteiger partial charge in [0.25, 0.3) is 0 Å². The van der Waals surface area contributed by atoms with Crippen LogP contribution in [0.5, 0.6) is 0 Å². The van der Waals surface area contributed by atoms with Crippen molar-refractivity contribution >= 4 is 0 Å². The average Bonchev–Trinajstić information content (AvgIpc) is 2.18. The first-order valence-electron chi connectivity index (χ1n) is 6.45. The van der Waals surface area contributed by atoms with Crippen molar-refractivity contribution in [3.63, 3.8) is 0 Å². The average molecular weight is 199 g/mol. The maximum Gasteiger partial charge on any atom is -0.00518 e. The van der Waals surface area contributed by atoms with Crippen LogP contribution in [0, 0.1) is 5.92 Å². The van der Waals surface area contributed by atoms with Gasteiger partial charge in [-0.1, -0.05) is 52.4 Å². The second-order valence-electron chi connectivity index (χ2n) is 4.55. The van der Waals surface area contributed by atoms with Gasteiger partial charge in [-0.25, -0.2) is 0 Å². The smallest absolute Gasteiger partial charge is 0.00518 e. The summed E-state index contributed by atoms with van der Waals surface area (Å²) >= 11 is 0. The van der Waals surface area contributed by atoms with E-state index in [1.54, 1.807) is 0 Å². The van der Waals surface area contributed by atoms with Crippen LogP contribution in [0.4, 0.5) is 0 Å². The van der Waals surface area contributed by atoms with Crippen molar-refractivity contribution < 1.29 is 0 Å². The lowest BCUT2D eigenvalue weighted by molar-refractivity contribution is 0.442. The lowest BCUT2D eigenvalue weighted by Crippen LogP contribution is -2.09. The number of hydrogen-bond donors (Lipinski definition) is 1. The normalized spacial score (nSPS) is 13.1. The zero-order valence-electron chi connectivity index (χ0n) is 10.4. The van der Waals surface area contributed by atoms with Crippen LogP contribution in [0.1, 0.15) is 65.2 Å². The molecule has 0 saturated heterocycles. The summed E-state index contributed by atoms with van der Waals surface area (Å²) in [5.41, 5.74) is 0. The molecule has 0 bridgehead atoms. The Morgan fingerprint density at radius 1 is 0.929 bits per heavy atom. The molecule has 1 N–H and O–H groups in total. The van der Waals surface area contributed by atoms with Gasteiger partial charge in [-0.15, -0.1) is 0 Å². The van der Waals surface area contributed by atoms with Gasteiger partial charge in [0.05, 0.1) is 0 Å². The molecule has 1 atom stereocenters. The van der Waals surface area contributed by atoms with Crippen LogP contribution in [0.25, 0.3) is 0 Å². The summed E-state index contributed by atoms with van der Waals surface area (Å²) in [6.45, 7) is 5.86. The number of hydrogen-bond acceptors (Lipinski definition) is 1. The fraction of sp³-hybridized carbons (Fsp3) is 1.00. The first kappa shape index (κ1) is 14.0. The Morgan fingerprint density at radius 3 is 2.21 bits per heavy atom. The lowest BCUT2D eigenvalue weighted by Gasteiger charge is -2.10. The van der Waals surface area contributed by atoms with E-state index in [4.69, 9.17) is 0 Å². The minimum Gasteiger partial charge on any atom is -0.320 e. The highest BCUT2D eigenvalue weighted by Gasteiger charge is 2.00. The Hall–Kier alpha value is -0.0400. The summed E-state index contributed by atoms with van der Waals surface area (Å²) in [5, 5.41) is 3.21. The molecule has 0 heterocycles. The van der Waals surface area contributed by atoms with Crippen LogP contribution in [-0.4, -0.2) is 13.6 Å². The Bertz CT molecular complexity index is 101. The summed E-state index contributed by atoms with van der Waals surface area (Å²) < 4.78 is 0. The van der Waals surface area contributed by atoms with Crippen molar-refractivity contribution in [2.75, 3.05) is 13.6 Å². The van der Waals surface area contributed by atoms with Gasteiger partial charge in [0.15, 0.2) is 0 Å². The molecule has 1 heteroatoms. The van der Waals surface area contributed by atoms with Gasteiger partial charge in [-0.3, -0.25) is 0 Å². The van der Waals surface area contributed by atoms with Crippen molar-refractivity contribution in [2.24, 2.45) is 5.92 Å². The molecule has 0 aromatic rings. The van der Waals surface area contributed by atoms with E-state index in [1.165, 1.54) is 57.9 Å². The zero-order valence-corrected chi connectivity index (χ0v) is 10.4. The number of unbranched alkanes of at least 4 members (excludes halogenated alkanes) is 4. The van der Waals surface area contributed by atoms with E-state index >= 15 is 0 Å². The van der Waals surface area contributed by atoms with E-state index in [0.29, 0.717) is 0 Å². The molecule has 0 radical (unpaired) electrons. The molecule has 0 aliphatic carbocycles. The molecule has 86 valence electrons. The molecular weight excluding hydrogens is 170 g/mol. The van der Waals surface area contributed by atoms with E-state index in [9.17, 15) is 0 Å². The van der Waals surface area contributed by atoms with Gasteiger partial charge in [-0.2, -0.15) is 0 Å². The van der Waals surface area contributed by atoms with Crippen LogP contribution in [0.2, 0.25) is 0 Å². The maximum absolute atomic E-state index is 3.21. The van der Waals surface area contributed by atoms with E-state index < -0.39 is 0 Å². The fourth-order valence-electron chi connectivity index (χ4n) is 1.87. The highest BCUT2D eigenvalue weighted by molar-refractivity contribution is 4.55. The predicted molar refractivity (Wildman–Crippen MR) is 65.7 cm³/mol. The van der Waals surface area contributed by atoms with Crippen molar-refractivity contribution in [3.8, 4) is 0 Å². The molecule has 0 amide bonds. The first-order valence-corrected chi connectivity index (χ1v) is 6.45. The summed E-state index contributed by atoms with van der Waals surface area (Å²) in [6, 6.07) is 0. The summed E-state index contributed by atoms with van der Waals surface area (Å²) in [6.07, 6.45) is 11.3. The van der Waals surface area contributed by atoms with Crippen LogP contribution < -0.4 is 5.32 Å². The van der Waals surface area contributed by atoms with Crippen molar-refractivity contribution in [2.45, 2.75) is 65.2 Å². The van der Waals surface area contributed by atoms with E-state index in [2.05, 4.69) is 19.2 Å². The number of rotatable bonds is 10. The highest BCUT2D eigenvalue weighted by atomic mass is 14.8. The Balaban J connectivity index is 3.06. The molecule has 1 nitrogen and oxygen atoms in total. The van der Waals surface area contributed by atoms with E-state index in [-0.39, 0.29) is 0 Å². The fourth-order valence-corrected chi connectivity index (χ4v) is 1.87. The summed E-state index contributed by atoms with van der Waals surface area (Å²) in [4.78, 5) is 0. The second-order valence-corrected chi connectivity index (χ2v) is 4.55. The lowest BCUT2D eigenvalue weighted by atomic mass is 9.98. The SMILES string of the molecule is CCCCCCCC(C)CCCNC. The van der Waals surface area contributed by atoms with Crippen LogP contribution in [-0.2, 0) is 0 Å². The molecule has 0 aromatic carbocycles. The largest absolute Gasteiger partial charge is 0.320 e. The second kappa shape index (κ2) is 11.0. The molecule has 0 saturated carbocycles. The molecule has 14 heavy (non-hydrogen) atoms. The topological polar surface area (TPSA) is 12.0 Å². The molecule has 0 spiro atoms. The summed E-state index contributed by atoms with van der Waals surface area (Å²) in [5.74, 6) is 0.935. The van der Waals surface area contributed by atoms with Gasteiger partial charge in [0.2, 0.25) is 0 Å². The molecule has 0 fully saturated rings. The summed E-state index contributed by atoms with van der Waals surface area (Å²) in [7, 11) is 2.04.